The van der Waals surface area contributed by atoms with Crippen LogP contribution in [-0.4, -0.2) is 46.5 Å². The summed E-state index contributed by atoms with van der Waals surface area (Å²) < 4.78 is 7.15. The topological polar surface area (TPSA) is 76.4 Å². The van der Waals surface area contributed by atoms with Crippen molar-refractivity contribution in [2.24, 2.45) is 4.99 Å². The van der Waals surface area contributed by atoms with Crippen molar-refractivity contribution in [2.45, 2.75) is 57.3 Å². The average Bonchev–Trinajstić information content (AvgIpc) is 3.32. The van der Waals surface area contributed by atoms with Crippen LogP contribution in [0.2, 0.25) is 0 Å². The van der Waals surface area contributed by atoms with Crippen LogP contribution in [0.4, 0.5) is 0 Å². The molecule has 1 saturated carbocycles. The van der Waals surface area contributed by atoms with Crippen LogP contribution < -0.4 is 10.6 Å². The zero-order chi connectivity index (χ0) is 18.6. The summed E-state index contributed by atoms with van der Waals surface area (Å²) in [6, 6.07) is 11.5. The third kappa shape index (κ3) is 4.30. The number of nitrogens with one attached hydrogen (secondary N) is 2. The molecule has 0 amide bonds. The number of aryl methyl sites for hydroxylation is 1. The summed E-state index contributed by atoms with van der Waals surface area (Å²) in [5.74, 6) is 3.30. The molecule has 144 valence electrons. The number of nitrogens with zero attached hydrogens (tertiary/aromatic N) is 4. The van der Waals surface area contributed by atoms with Crippen molar-refractivity contribution in [3.63, 3.8) is 0 Å². The number of methoxy groups -OCH3 is 1. The Labute approximate surface area is 160 Å². The molecule has 4 rings (SSSR count). The molecule has 2 aromatic rings. The van der Waals surface area contributed by atoms with Gasteiger partial charge in [0.05, 0.1) is 6.54 Å². The van der Waals surface area contributed by atoms with Gasteiger partial charge < -0.3 is 15.4 Å². The highest BCUT2D eigenvalue weighted by Crippen LogP contribution is 2.40. The van der Waals surface area contributed by atoms with Crippen LogP contribution in [0.3, 0.4) is 0 Å². The lowest BCUT2D eigenvalue weighted by molar-refractivity contribution is 0.177. The molecule has 0 bridgehead atoms. The van der Waals surface area contributed by atoms with Gasteiger partial charge in [0.1, 0.15) is 12.4 Å². The predicted octanol–water partition coefficient (Wildman–Crippen LogP) is 1.85. The number of aliphatic imine (C=N–C) groups is 1. The number of ether oxygens (including phenoxy) is 1. The van der Waals surface area contributed by atoms with Gasteiger partial charge in [0.25, 0.3) is 0 Å². The highest BCUT2D eigenvalue weighted by molar-refractivity contribution is 5.81. The van der Waals surface area contributed by atoms with Crippen LogP contribution in [-0.2, 0) is 24.3 Å². The quantitative estimate of drug-likeness (QED) is 0.601. The van der Waals surface area contributed by atoms with Crippen molar-refractivity contribution in [2.75, 3.05) is 13.7 Å². The highest BCUT2D eigenvalue weighted by Gasteiger charge is 2.39. The van der Waals surface area contributed by atoms with Crippen molar-refractivity contribution in [1.82, 2.24) is 25.4 Å². The van der Waals surface area contributed by atoms with E-state index in [2.05, 4.69) is 63.0 Å². The summed E-state index contributed by atoms with van der Waals surface area (Å²) in [7, 11) is 1.67. The van der Waals surface area contributed by atoms with E-state index < -0.39 is 0 Å². The number of guanidine groups is 1. The zero-order valence-corrected chi connectivity index (χ0v) is 16.1. The maximum atomic E-state index is 5.14. The van der Waals surface area contributed by atoms with Gasteiger partial charge in [-0.2, -0.15) is 5.10 Å². The molecule has 2 heterocycles. The SMILES string of the molecule is CCN=C(NC1CCc2nc(COC)nn2C1)NC1CC1c1ccccc1. The first kappa shape index (κ1) is 18.0. The number of benzene rings is 1. The molecular weight excluding hydrogens is 340 g/mol. The molecule has 0 saturated heterocycles. The number of aromatic nitrogens is 3. The molecule has 2 aliphatic rings. The van der Waals surface area contributed by atoms with Crippen LogP contribution in [0.15, 0.2) is 35.3 Å². The normalized spacial score (nSPS) is 24.4. The summed E-state index contributed by atoms with van der Waals surface area (Å²) in [6.07, 6.45) is 3.11. The van der Waals surface area contributed by atoms with E-state index in [1.54, 1.807) is 7.11 Å². The van der Waals surface area contributed by atoms with Crippen LogP contribution in [0.5, 0.6) is 0 Å². The Morgan fingerprint density at radius 2 is 2.15 bits per heavy atom. The number of rotatable bonds is 6. The van der Waals surface area contributed by atoms with E-state index in [9.17, 15) is 0 Å². The minimum atomic E-state index is 0.307. The van der Waals surface area contributed by atoms with E-state index >= 15 is 0 Å². The molecular formula is C20H28N6O. The first-order chi connectivity index (χ1) is 13.3. The van der Waals surface area contributed by atoms with Gasteiger partial charge in [-0.1, -0.05) is 30.3 Å². The lowest BCUT2D eigenvalue weighted by atomic mass is 10.1. The fraction of sp³-hybridized carbons (Fsp3) is 0.550. The molecule has 1 aromatic heterocycles. The minimum absolute atomic E-state index is 0.307. The molecule has 1 aliphatic heterocycles. The maximum absolute atomic E-state index is 5.14. The van der Waals surface area contributed by atoms with E-state index in [1.807, 2.05) is 4.68 Å². The van der Waals surface area contributed by atoms with Gasteiger partial charge in [0, 0.05) is 38.1 Å². The molecule has 3 unspecified atom stereocenters. The fourth-order valence-corrected chi connectivity index (χ4v) is 3.75. The van der Waals surface area contributed by atoms with Crippen LogP contribution >= 0.6 is 0 Å². The van der Waals surface area contributed by atoms with E-state index in [1.165, 1.54) is 5.56 Å². The Morgan fingerprint density at radius 3 is 2.93 bits per heavy atom. The summed E-state index contributed by atoms with van der Waals surface area (Å²) in [4.78, 5) is 9.19. The first-order valence-electron chi connectivity index (χ1n) is 9.80. The zero-order valence-electron chi connectivity index (χ0n) is 16.1. The van der Waals surface area contributed by atoms with E-state index in [0.29, 0.717) is 24.6 Å². The van der Waals surface area contributed by atoms with E-state index in [0.717, 1.165) is 50.0 Å². The maximum Gasteiger partial charge on any atom is 0.191 e. The standard InChI is InChI=1S/C20H28N6O/c1-3-21-20(23-17-11-16(17)14-7-5-4-6-8-14)22-15-9-10-19-24-18(13-27-2)25-26(19)12-15/h4-8,15-17H,3,9-13H2,1-2H3,(H2,21,22,23). The second-order valence-electron chi connectivity index (χ2n) is 7.27. The smallest absolute Gasteiger partial charge is 0.191 e. The summed E-state index contributed by atoms with van der Waals surface area (Å²) in [5.41, 5.74) is 1.40. The number of fused-ring (bicyclic) bond motifs is 1. The number of hydrogen-bond acceptors (Lipinski definition) is 4. The number of hydrogen-bond donors (Lipinski definition) is 2. The monoisotopic (exact) mass is 368 g/mol. The third-order valence-corrected chi connectivity index (χ3v) is 5.17. The molecule has 0 radical (unpaired) electrons. The lowest BCUT2D eigenvalue weighted by Gasteiger charge is -2.25. The summed E-state index contributed by atoms with van der Waals surface area (Å²) in [6.45, 7) is 4.10. The van der Waals surface area contributed by atoms with Gasteiger partial charge in [-0.3, -0.25) is 4.99 Å². The van der Waals surface area contributed by atoms with Gasteiger partial charge in [-0.15, -0.1) is 0 Å². The third-order valence-electron chi connectivity index (χ3n) is 5.17. The Balaban J connectivity index is 1.35. The fourth-order valence-electron chi connectivity index (χ4n) is 3.75. The molecule has 3 atom stereocenters. The summed E-state index contributed by atoms with van der Waals surface area (Å²) >= 11 is 0. The Kier molecular flexibility index (Phi) is 5.38. The molecule has 1 fully saturated rings. The lowest BCUT2D eigenvalue weighted by Crippen LogP contribution is -2.48. The molecule has 27 heavy (non-hydrogen) atoms. The van der Waals surface area contributed by atoms with Crippen molar-refractivity contribution in [3.05, 3.63) is 47.5 Å². The van der Waals surface area contributed by atoms with Gasteiger partial charge in [0.2, 0.25) is 0 Å². The average molecular weight is 368 g/mol. The van der Waals surface area contributed by atoms with Crippen LogP contribution in [0.1, 0.15) is 42.9 Å². The molecule has 7 nitrogen and oxygen atoms in total. The highest BCUT2D eigenvalue weighted by atomic mass is 16.5. The van der Waals surface area contributed by atoms with Gasteiger partial charge in [-0.05, 0) is 25.3 Å². The Morgan fingerprint density at radius 1 is 1.30 bits per heavy atom. The van der Waals surface area contributed by atoms with E-state index in [-0.39, 0.29) is 0 Å². The molecule has 1 aliphatic carbocycles. The second kappa shape index (κ2) is 8.08. The van der Waals surface area contributed by atoms with Crippen molar-refractivity contribution in [1.29, 1.82) is 0 Å². The Hall–Kier alpha value is -2.41. The van der Waals surface area contributed by atoms with Crippen molar-refractivity contribution in [3.8, 4) is 0 Å². The molecule has 0 spiro atoms. The molecule has 7 heteroatoms. The van der Waals surface area contributed by atoms with Crippen LogP contribution in [0, 0.1) is 0 Å². The van der Waals surface area contributed by atoms with E-state index in [4.69, 9.17) is 4.74 Å². The summed E-state index contributed by atoms with van der Waals surface area (Å²) in [5, 5.41) is 11.8. The van der Waals surface area contributed by atoms with Gasteiger partial charge >= 0.3 is 0 Å². The van der Waals surface area contributed by atoms with Crippen LogP contribution in [0.25, 0.3) is 0 Å². The second-order valence-corrected chi connectivity index (χ2v) is 7.27. The van der Waals surface area contributed by atoms with Crippen molar-refractivity contribution < 1.29 is 4.74 Å². The van der Waals surface area contributed by atoms with Gasteiger partial charge in [-0.25, -0.2) is 9.67 Å². The van der Waals surface area contributed by atoms with Crippen molar-refractivity contribution >= 4 is 5.96 Å². The molecule has 2 N–H and O–H groups in total. The molecule has 1 aromatic carbocycles. The first-order valence-corrected chi connectivity index (χ1v) is 9.80. The minimum Gasteiger partial charge on any atom is -0.377 e. The van der Waals surface area contributed by atoms with Gasteiger partial charge in [0.15, 0.2) is 11.8 Å². The predicted molar refractivity (Wildman–Crippen MR) is 105 cm³/mol. The largest absolute Gasteiger partial charge is 0.377 e. The Bertz CT molecular complexity index is 787.